The quantitative estimate of drug-likeness (QED) is 0.0322. The molecule has 0 fully saturated rings. The lowest BCUT2D eigenvalue weighted by Gasteiger charge is -2.22. The van der Waals surface area contributed by atoms with Gasteiger partial charge >= 0.3 is 5.97 Å². The molecule has 0 saturated carbocycles. The van der Waals surface area contributed by atoms with Gasteiger partial charge in [0.15, 0.2) is 0 Å². The molecule has 0 rings (SSSR count). The molecule has 6 nitrogen and oxygen atoms in total. The molecule has 0 aliphatic rings. The van der Waals surface area contributed by atoms with Crippen LogP contribution in [0.2, 0.25) is 0 Å². The molecule has 0 aromatic heterocycles. The van der Waals surface area contributed by atoms with Gasteiger partial charge in [-0.25, -0.2) is 0 Å². The number of amides is 1. The molecule has 0 aliphatic carbocycles. The molecule has 348 valence electrons. The predicted molar refractivity (Wildman–Crippen MR) is 255 cm³/mol. The predicted octanol–water partition coefficient (Wildman–Crippen LogP) is 15.5. The van der Waals surface area contributed by atoms with E-state index in [-0.39, 0.29) is 18.5 Å². The summed E-state index contributed by atoms with van der Waals surface area (Å²) in [5.74, 6) is -0.0546. The van der Waals surface area contributed by atoms with Gasteiger partial charge < -0.3 is 20.3 Å². The van der Waals surface area contributed by atoms with Gasteiger partial charge in [0.25, 0.3) is 0 Å². The Labute approximate surface area is 367 Å². The number of carbonyl (C=O) groups is 2. The summed E-state index contributed by atoms with van der Waals surface area (Å²) >= 11 is 0. The summed E-state index contributed by atoms with van der Waals surface area (Å²) in [6, 6.07) is -0.547. The van der Waals surface area contributed by atoms with Gasteiger partial charge in [0.1, 0.15) is 0 Å². The van der Waals surface area contributed by atoms with Gasteiger partial charge in [-0.2, -0.15) is 0 Å². The van der Waals surface area contributed by atoms with Crippen LogP contribution in [-0.4, -0.2) is 47.4 Å². The van der Waals surface area contributed by atoms with E-state index in [4.69, 9.17) is 4.74 Å². The van der Waals surface area contributed by atoms with Crippen molar-refractivity contribution >= 4 is 11.9 Å². The van der Waals surface area contributed by atoms with Crippen LogP contribution in [0.5, 0.6) is 0 Å². The van der Waals surface area contributed by atoms with Crippen LogP contribution in [0.3, 0.4) is 0 Å². The SMILES string of the molecule is CCCCC/C=C\C/C=C\CCCCCCCCCCCC(=O)OCCCCCCCCCCCCCCCCC(=O)NC(CO)C(O)CCCCCCCCCCC. The van der Waals surface area contributed by atoms with Crippen LogP contribution < -0.4 is 5.32 Å². The number of esters is 1. The number of hydrogen-bond donors (Lipinski definition) is 3. The average molecular weight is 832 g/mol. The molecule has 0 spiro atoms. The normalized spacial score (nSPS) is 12.8. The minimum Gasteiger partial charge on any atom is -0.466 e. The Morgan fingerprint density at radius 3 is 1.32 bits per heavy atom. The fraction of sp³-hybridized carbons (Fsp3) is 0.887. The maximum atomic E-state index is 12.4. The first kappa shape index (κ1) is 57.3. The summed E-state index contributed by atoms with van der Waals surface area (Å²) < 4.78 is 5.48. The van der Waals surface area contributed by atoms with Crippen molar-refractivity contribution in [1.29, 1.82) is 0 Å². The summed E-state index contributed by atoms with van der Waals surface area (Å²) in [5, 5.41) is 23.1. The average Bonchev–Trinajstić information content (AvgIpc) is 3.24. The molecule has 0 bridgehead atoms. The van der Waals surface area contributed by atoms with Crippen LogP contribution in [0.15, 0.2) is 24.3 Å². The Morgan fingerprint density at radius 1 is 0.475 bits per heavy atom. The van der Waals surface area contributed by atoms with E-state index in [2.05, 4.69) is 43.5 Å². The molecular formula is C53H101NO5. The second-order valence-corrected chi connectivity index (χ2v) is 17.9. The molecular weight excluding hydrogens is 731 g/mol. The number of rotatable bonds is 48. The Bertz CT molecular complexity index is 920. The van der Waals surface area contributed by atoms with Crippen LogP contribution >= 0.6 is 0 Å². The van der Waals surface area contributed by atoms with Gasteiger partial charge in [0.2, 0.25) is 5.91 Å². The van der Waals surface area contributed by atoms with Gasteiger partial charge in [-0.15, -0.1) is 0 Å². The van der Waals surface area contributed by atoms with Crippen molar-refractivity contribution in [2.75, 3.05) is 13.2 Å². The Balaban J connectivity index is 3.40. The lowest BCUT2D eigenvalue weighted by atomic mass is 10.0. The number of ether oxygens (including phenoxy) is 1. The molecule has 3 N–H and O–H groups in total. The zero-order valence-electron chi connectivity index (χ0n) is 39.5. The zero-order valence-corrected chi connectivity index (χ0v) is 39.5. The molecule has 0 radical (unpaired) electrons. The molecule has 0 heterocycles. The van der Waals surface area contributed by atoms with Crippen LogP contribution in [-0.2, 0) is 14.3 Å². The Kier molecular flexibility index (Phi) is 47.6. The van der Waals surface area contributed by atoms with E-state index in [0.29, 0.717) is 25.9 Å². The summed E-state index contributed by atoms with van der Waals surface area (Å²) in [4.78, 5) is 24.4. The van der Waals surface area contributed by atoms with Crippen molar-refractivity contribution in [2.24, 2.45) is 0 Å². The molecule has 0 aliphatic heterocycles. The van der Waals surface area contributed by atoms with E-state index < -0.39 is 12.1 Å². The van der Waals surface area contributed by atoms with Gasteiger partial charge in [-0.05, 0) is 57.8 Å². The Hall–Kier alpha value is -1.66. The van der Waals surface area contributed by atoms with Gasteiger partial charge in [0, 0.05) is 12.8 Å². The molecule has 0 saturated heterocycles. The lowest BCUT2D eigenvalue weighted by molar-refractivity contribution is -0.143. The number of unbranched alkanes of at least 4 members (excludes halogenated alkanes) is 33. The van der Waals surface area contributed by atoms with Gasteiger partial charge in [-0.3, -0.25) is 9.59 Å². The third-order valence-electron chi connectivity index (χ3n) is 12.0. The maximum Gasteiger partial charge on any atom is 0.305 e. The van der Waals surface area contributed by atoms with Gasteiger partial charge in [0.05, 0.1) is 25.4 Å². The van der Waals surface area contributed by atoms with Crippen molar-refractivity contribution in [3.05, 3.63) is 24.3 Å². The molecule has 6 heteroatoms. The number of aliphatic hydroxyl groups is 2. The van der Waals surface area contributed by atoms with E-state index in [9.17, 15) is 19.8 Å². The van der Waals surface area contributed by atoms with Crippen LogP contribution in [0.1, 0.15) is 277 Å². The third-order valence-corrected chi connectivity index (χ3v) is 12.0. The smallest absolute Gasteiger partial charge is 0.305 e. The zero-order chi connectivity index (χ0) is 43.0. The standard InChI is InChI=1S/C53H101NO5/c1-3-5-7-9-11-13-14-15-16-17-18-19-20-24-27-31-35-39-43-47-53(58)59-48-44-40-36-32-28-25-22-21-23-26-30-34-38-42-46-52(57)54-50(49-55)51(56)45-41-37-33-29-12-10-8-6-4-2/h11,13,15-16,50-51,55-56H,3-10,12,14,17-49H2,1-2H3,(H,54,57)/b13-11-,16-15-. The van der Waals surface area contributed by atoms with Crippen molar-refractivity contribution in [1.82, 2.24) is 5.32 Å². The van der Waals surface area contributed by atoms with Crippen molar-refractivity contribution in [2.45, 2.75) is 289 Å². The topological polar surface area (TPSA) is 95.9 Å². The first-order chi connectivity index (χ1) is 29.0. The van der Waals surface area contributed by atoms with Crippen molar-refractivity contribution in [3.63, 3.8) is 0 Å². The van der Waals surface area contributed by atoms with E-state index >= 15 is 0 Å². The van der Waals surface area contributed by atoms with Crippen molar-refractivity contribution < 1.29 is 24.5 Å². The molecule has 2 atom stereocenters. The molecule has 0 aromatic rings. The molecule has 2 unspecified atom stereocenters. The van der Waals surface area contributed by atoms with E-state index in [1.54, 1.807) is 0 Å². The van der Waals surface area contributed by atoms with E-state index in [0.717, 1.165) is 57.8 Å². The highest BCUT2D eigenvalue weighted by Gasteiger charge is 2.20. The third kappa shape index (κ3) is 45.7. The van der Waals surface area contributed by atoms with E-state index in [1.165, 1.54) is 186 Å². The summed E-state index contributed by atoms with van der Waals surface area (Å²) in [5.41, 5.74) is 0. The number of allylic oxidation sites excluding steroid dienone is 4. The van der Waals surface area contributed by atoms with Crippen LogP contribution in [0, 0.1) is 0 Å². The first-order valence-electron chi connectivity index (χ1n) is 26.1. The van der Waals surface area contributed by atoms with Crippen molar-refractivity contribution in [3.8, 4) is 0 Å². The number of aliphatic hydroxyl groups excluding tert-OH is 2. The Morgan fingerprint density at radius 2 is 0.847 bits per heavy atom. The van der Waals surface area contributed by atoms with E-state index in [1.807, 2.05) is 0 Å². The fourth-order valence-corrected chi connectivity index (χ4v) is 7.96. The monoisotopic (exact) mass is 832 g/mol. The minimum absolute atomic E-state index is 0.00637. The molecule has 59 heavy (non-hydrogen) atoms. The highest BCUT2D eigenvalue weighted by atomic mass is 16.5. The highest BCUT2D eigenvalue weighted by molar-refractivity contribution is 5.76. The molecule has 0 aromatic carbocycles. The highest BCUT2D eigenvalue weighted by Crippen LogP contribution is 2.16. The minimum atomic E-state index is -0.669. The molecule has 1 amide bonds. The van der Waals surface area contributed by atoms with Crippen LogP contribution in [0.25, 0.3) is 0 Å². The maximum absolute atomic E-state index is 12.4. The number of nitrogens with one attached hydrogen (secondary N) is 1. The lowest BCUT2D eigenvalue weighted by Crippen LogP contribution is -2.45. The second kappa shape index (κ2) is 49.0. The number of hydrogen-bond acceptors (Lipinski definition) is 5. The summed E-state index contributed by atoms with van der Waals surface area (Å²) in [6.45, 7) is 4.88. The largest absolute Gasteiger partial charge is 0.466 e. The summed E-state index contributed by atoms with van der Waals surface area (Å²) in [6.07, 6.45) is 57.2. The summed E-state index contributed by atoms with van der Waals surface area (Å²) in [7, 11) is 0. The first-order valence-corrected chi connectivity index (χ1v) is 26.1. The van der Waals surface area contributed by atoms with Crippen LogP contribution in [0.4, 0.5) is 0 Å². The number of carbonyl (C=O) groups excluding carboxylic acids is 2. The van der Waals surface area contributed by atoms with Gasteiger partial charge in [-0.1, -0.05) is 231 Å². The second-order valence-electron chi connectivity index (χ2n) is 17.9. The fourth-order valence-electron chi connectivity index (χ4n) is 7.96.